The number of ether oxygens (including phenoxy) is 3. The van der Waals surface area contributed by atoms with Crippen LogP contribution in [0.2, 0.25) is 0 Å². The average Bonchev–Trinajstić information content (AvgIpc) is 3.11. The monoisotopic (exact) mass is 514 g/mol. The summed E-state index contributed by atoms with van der Waals surface area (Å²) >= 11 is 0. The number of fused-ring (bicyclic) bond motifs is 3. The fourth-order valence-corrected chi connectivity index (χ4v) is 9.22. The zero-order chi connectivity index (χ0) is 27.7. The second-order valence-electron chi connectivity index (χ2n) is 12.6. The number of Topliss-reactive ketones (excluding diaryl/α,β-unsaturated/α-hetero) is 2. The van der Waals surface area contributed by atoms with E-state index in [1.165, 1.54) is 13.8 Å². The number of allylic oxidation sites excluding steroid dienone is 2. The number of carbonyl (C=O) groups is 5. The topological polar surface area (TPSA) is 133 Å². The van der Waals surface area contributed by atoms with Crippen molar-refractivity contribution in [3.63, 3.8) is 0 Å². The van der Waals surface area contributed by atoms with Crippen LogP contribution in [0.5, 0.6) is 0 Å². The van der Waals surface area contributed by atoms with Crippen LogP contribution in [-0.4, -0.2) is 59.5 Å². The lowest BCUT2D eigenvalue weighted by Crippen LogP contribution is -2.69. The van der Waals surface area contributed by atoms with Crippen molar-refractivity contribution in [2.45, 2.75) is 78.6 Å². The summed E-state index contributed by atoms with van der Waals surface area (Å²) in [6, 6.07) is 0. The molecule has 200 valence electrons. The van der Waals surface area contributed by atoms with Crippen molar-refractivity contribution in [1.29, 1.82) is 0 Å². The number of methoxy groups -OCH3 is 1. The van der Waals surface area contributed by atoms with Gasteiger partial charge in [-0.1, -0.05) is 33.4 Å². The largest absolute Gasteiger partial charge is 0.468 e. The van der Waals surface area contributed by atoms with Gasteiger partial charge in [0.1, 0.15) is 12.2 Å². The molecule has 1 aliphatic heterocycles. The molecule has 0 amide bonds. The minimum atomic E-state index is -2.46. The molecule has 2 bridgehead atoms. The van der Waals surface area contributed by atoms with Crippen molar-refractivity contribution in [2.24, 2.45) is 33.0 Å². The molecule has 0 aromatic carbocycles. The summed E-state index contributed by atoms with van der Waals surface area (Å²) in [7, 11) is 1.14. The quantitative estimate of drug-likeness (QED) is 0.335. The van der Waals surface area contributed by atoms with Gasteiger partial charge in [-0.3, -0.25) is 24.0 Å². The number of rotatable bonds is 2. The van der Waals surface area contributed by atoms with Crippen LogP contribution >= 0.6 is 0 Å². The minimum absolute atomic E-state index is 0.0419. The number of carbonyl (C=O) groups excluding carboxylic acids is 5. The van der Waals surface area contributed by atoms with Gasteiger partial charge >= 0.3 is 17.9 Å². The van der Waals surface area contributed by atoms with Crippen molar-refractivity contribution in [1.82, 2.24) is 0 Å². The highest BCUT2D eigenvalue weighted by Crippen LogP contribution is 2.78. The second kappa shape index (κ2) is 6.98. The fraction of sp³-hybridized carbons (Fsp3) is 0.679. The summed E-state index contributed by atoms with van der Waals surface area (Å²) < 4.78 is 16.9. The lowest BCUT2D eigenvalue weighted by atomic mass is 9.35. The van der Waals surface area contributed by atoms with E-state index in [1.54, 1.807) is 13.0 Å². The summed E-state index contributed by atoms with van der Waals surface area (Å²) in [4.78, 5) is 67.4. The standard InChI is InChI=1S/C28H34O9/c1-13-11-16-24(5,28(22(33)35-8)20(31)26(7,34)19(30)25(13,28)6)12-15-18-23(3,4)17(36-14(2)29)9-10-27(16,18)21(32)37-15/h11,15,17-18,34H,1,9-10,12H2,2-8H3/t15-,17-,18?,24-,25-,26+,27+,28+/m0/s1. The van der Waals surface area contributed by atoms with E-state index in [2.05, 4.69) is 6.58 Å². The molecule has 4 aliphatic carbocycles. The number of hydrogen-bond donors (Lipinski definition) is 1. The zero-order valence-electron chi connectivity index (χ0n) is 22.4. The maximum atomic E-state index is 14.2. The Balaban J connectivity index is 1.82. The third kappa shape index (κ3) is 2.39. The Morgan fingerprint density at radius 2 is 1.73 bits per heavy atom. The van der Waals surface area contributed by atoms with Crippen molar-refractivity contribution < 1.29 is 43.3 Å². The number of ketones is 2. The second-order valence-corrected chi connectivity index (χ2v) is 12.6. The fourth-order valence-electron chi connectivity index (χ4n) is 9.22. The molecule has 1 heterocycles. The van der Waals surface area contributed by atoms with E-state index in [1.807, 2.05) is 13.8 Å². The molecule has 1 unspecified atom stereocenters. The first-order chi connectivity index (χ1) is 16.9. The SMILES string of the molecule is C=C1C=C2[C@]34CC[C@H](OC(C)=O)C(C)(C)C3[C@H](C[C@]2(C)[C@]2(C(=O)OC)C(=O)[C@](C)(O)C(=O)[C@]12C)OC4=O. The lowest BCUT2D eigenvalue weighted by Gasteiger charge is -2.63. The van der Waals surface area contributed by atoms with E-state index in [0.29, 0.717) is 12.0 Å². The first-order valence-corrected chi connectivity index (χ1v) is 12.6. The Labute approximate surface area is 215 Å². The first-order valence-electron chi connectivity index (χ1n) is 12.6. The highest BCUT2D eigenvalue weighted by Gasteiger charge is 2.87. The van der Waals surface area contributed by atoms with Crippen molar-refractivity contribution >= 4 is 29.5 Å². The van der Waals surface area contributed by atoms with E-state index in [9.17, 15) is 29.1 Å². The van der Waals surface area contributed by atoms with E-state index in [-0.39, 0.29) is 18.4 Å². The Morgan fingerprint density at radius 3 is 2.30 bits per heavy atom. The van der Waals surface area contributed by atoms with Crippen LogP contribution in [0, 0.1) is 33.0 Å². The third-order valence-corrected chi connectivity index (χ3v) is 10.7. The van der Waals surface area contributed by atoms with Crippen LogP contribution in [0.15, 0.2) is 23.8 Å². The number of hydrogen-bond acceptors (Lipinski definition) is 9. The van der Waals surface area contributed by atoms with Crippen molar-refractivity contribution in [3.8, 4) is 0 Å². The van der Waals surface area contributed by atoms with E-state index in [0.717, 1.165) is 14.0 Å². The minimum Gasteiger partial charge on any atom is -0.468 e. The van der Waals surface area contributed by atoms with Gasteiger partial charge in [0, 0.05) is 23.7 Å². The molecular weight excluding hydrogens is 480 g/mol. The average molecular weight is 515 g/mol. The van der Waals surface area contributed by atoms with Crippen LogP contribution in [0.25, 0.3) is 0 Å². The van der Waals surface area contributed by atoms with Crippen molar-refractivity contribution in [3.05, 3.63) is 23.8 Å². The van der Waals surface area contributed by atoms with Crippen LogP contribution in [-0.2, 0) is 38.2 Å². The molecule has 3 saturated carbocycles. The smallest absolute Gasteiger partial charge is 0.321 e. The summed E-state index contributed by atoms with van der Waals surface area (Å²) in [5.41, 5.74) is -9.08. The van der Waals surface area contributed by atoms with Gasteiger partial charge in [-0.2, -0.15) is 0 Å². The van der Waals surface area contributed by atoms with E-state index >= 15 is 0 Å². The van der Waals surface area contributed by atoms with Gasteiger partial charge in [-0.15, -0.1) is 0 Å². The van der Waals surface area contributed by atoms with Gasteiger partial charge in [0.05, 0.1) is 17.9 Å². The molecule has 8 atom stereocenters. The molecule has 9 heteroatoms. The van der Waals surface area contributed by atoms with Gasteiger partial charge in [0.2, 0.25) is 0 Å². The van der Waals surface area contributed by atoms with E-state index < -0.39 is 80.3 Å². The Bertz CT molecular complexity index is 1240. The Morgan fingerprint density at radius 1 is 1.11 bits per heavy atom. The zero-order valence-corrected chi connectivity index (χ0v) is 22.4. The highest BCUT2D eigenvalue weighted by molar-refractivity contribution is 6.30. The molecule has 5 aliphatic rings. The predicted molar refractivity (Wildman–Crippen MR) is 128 cm³/mol. The summed E-state index contributed by atoms with van der Waals surface area (Å²) in [5.74, 6) is -4.04. The summed E-state index contributed by atoms with van der Waals surface area (Å²) in [5, 5.41) is 11.2. The normalized spacial score (nSPS) is 47.4. The number of aliphatic hydroxyl groups is 1. The van der Waals surface area contributed by atoms with Gasteiger partial charge in [-0.05, 0) is 44.3 Å². The highest BCUT2D eigenvalue weighted by atomic mass is 16.6. The van der Waals surface area contributed by atoms with Crippen LogP contribution in [0.1, 0.15) is 60.8 Å². The summed E-state index contributed by atoms with van der Waals surface area (Å²) in [6.45, 7) is 13.6. The van der Waals surface area contributed by atoms with Crippen molar-refractivity contribution in [2.75, 3.05) is 7.11 Å². The molecule has 0 aromatic rings. The molecule has 0 aromatic heterocycles. The maximum Gasteiger partial charge on any atom is 0.321 e. The van der Waals surface area contributed by atoms with Crippen LogP contribution < -0.4 is 0 Å². The molecule has 5 rings (SSSR count). The van der Waals surface area contributed by atoms with Gasteiger partial charge in [0.25, 0.3) is 0 Å². The predicted octanol–water partition coefficient (Wildman–Crippen LogP) is 2.24. The van der Waals surface area contributed by atoms with Gasteiger partial charge < -0.3 is 19.3 Å². The molecule has 0 spiro atoms. The molecule has 0 radical (unpaired) electrons. The molecule has 9 nitrogen and oxygen atoms in total. The number of esters is 3. The third-order valence-electron chi connectivity index (χ3n) is 10.7. The molecule has 1 N–H and O–H groups in total. The molecule has 1 saturated heterocycles. The van der Waals surface area contributed by atoms with Gasteiger partial charge in [-0.25, -0.2) is 0 Å². The lowest BCUT2D eigenvalue weighted by molar-refractivity contribution is -0.189. The Hall–Kier alpha value is -2.81. The maximum absolute atomic E-state index is 14.2. The van der Waals surface area contributed by atoms with Crippen LogP contribution in [0.4, 0.5) is 0 Å². The summed E-state index contributed by atoms with van der Waals surface area (Å²) in [6.07, 6.45) is 1.14. The van der Waals surface area contributed by atoms with E-state index in [4.69, 9.17) is 14.2 Å². The molecule has 4 fully saturated rings. The van der Waals surface area contributed by atoms with Crippen LogP contribution in [0.3, 0.4) is 0 Å². The molecule has 37 heavy (non-hydrogen) atoms. The first kappa shape index (κ1) is 25.8. The van der Waals surface area contributed by atoms with Gasteiger partial charge in [0.15, 0.2) is 22.6 Å². The molecular formula is C28H34O9. The Kier molecular flexibility index (Phi) is 4.87.